The summed E-state index contributed by atoms with van der Waals surface area (Å²) in [5, 5.41) is 0. The molecule has 0 saturated carbocycles. The van der Waals surface area contributed by atoms with Crippen LogP contribution in [0.2, 0.25) is 0 Å². The first-order valence-electron chi connectivity index (χ1n) is 6.36. The van der Waals surface area contributed by atoms with Gasteiger partial charge in [-0.1, -0.05) is 0 Å². The summed E-state index contributed by atoms with van der Waals surface area (Å²) in [7, 11) is 0. The molecule has 0 radical (unpaired) electrons. The van der Waals surface area contributed by atoms with Crippen molar-refractivity contribution in [1.29, 1.82) is 0 Å². The molecule has 4 heteroatoms. The molecule has 0 aliphatic heterocycles. The van der Waals surface area contributed by atoms with Gasteiger partial charge in [-0.15, -0.1) is 0 Å². The van der Waals surface area contributed by atoms with Crippen molar-refractivity contribution in [2.45, 2.75) is 19.4 Å². The van der Waals surface area contributed by atoms with Crippen LogP contribution in [0.15, 0.2) is 49.1 Å². The Morgan fingerprint density at radius 2 is 1.95 bits per heavy atom. The van der Waals surface area contributed by atoms with Crippen molar-refractivity contribution in [1.82, 2.24) is 14.4 Å². The summed E-state index contributed by atoms with van der Waals surface area (Å²) in [6.07, 6.45) is 8.38. The van der Waals surface area contributed by atoms with E-state index >= 15 is 0 Å². The van der Waals surface area contributed by atoms with Crippen molar-refractivity contribution >= 4 is 5.65 Å². The van der Waals surface area contributed by atoms with Gasteiger partial charge in [0.25, 0.3) is 0 Å². The van der Waals surface area contributed by atoms with Gasteiger partial charge in [-0.2, -0.15) is 0 Å². The van der Waals surface area contributed by atoms with E-state index in [-0.39, 0.29) is 6.04 Å². The molecule has 0 saturated heterocycles. The first kappa shape index (κ1) is 11.9. The molecule has 0 amide bonds. The van der Waals surface area contributed by atoms with Crippen LogP contribution in [0.1, 0.15) is 12.6 Å². The monoisotopic (exact) mass is 252 g/mol. The lowest BCUT2D eigenvalue weighted by molar-refractivity contribution is 0.722. The van der Waals surface area contributed by atoms with Crippen LogP contribution in [0.25, 0.3) is 16.8 Å². The van der Waals surface area contributed by atoms with E-state index in [0.29, 0.717) is 0 Å². The van der Waals surface area contributed by atoms with E-state index in [1.54, 1.807) is 6.20 Å². The first-order chi connectivity index (χ1) is 9.22. The Morgan fingerprint density at radius 3 is 2.79 bits per heavy atom. The van der Waals surface area contributed by atoms with Crippen molar-refractivity contribution in [3.63, 3.8) is 0 Å². The zero-order valence-corrected chi connectivity index (χ0v) is 10.8. The van der Waals surface area contributed by atoms with E-state index in [1.165, 1.54) is 0 Å². The largest absolute Gasteiger partial charge is 0.328 e. The van der Waals surface area contributed by atoms with Gasteiger partial charge in [0.15, 0.2) is 0 Å². The summed E-state index contributed by atoms with van der Waals surface area (Å²) in [5.41, 5.74) is 10.1. The maximum Gasteiger partial charge on any atom is 0.137 e. The predicted molar refractivity (Wildman–Crippen MR) is 75.8 cm³/mol. The van der Waals surface area contributed by atoms with Gasteiger partial charge in [0, 0.05) is 42.9 Å². The van der Waals surface area contributed by atoms with Crippen LogP contribution in [0.4, 0.5) is 0 Å². The number of pyridine rings is 2. The zero-order chi connectivity index (χ0) is 13.2. The van der Waals surface area contributed by atoms with Crippen molar-refractivity contribution in [3.05, 3.63) is 54.7 Å². The Kier molecular flexibility index (Phi) is 3.01. The number of nitrogens with two attached hydrogens (primary N) is 1. The minimum atomic E-state index is 0.123. The summed E-state index contributed by atoms with van der Waals surface area (Å²) in [6.45, 7) is 1.99. The molecule has 1 atom stereocenters. The number of hydrogen-bond acceptors (Lipinski definition) is 3. The Balaban J connectivity index is 2.00. The predicted octanol–water partition coefficient (Wildman–Crippen LogP) is 2.29. The van der Waals surface area contributed by atoms with Crippen LogP contribution < -0.4 is 5.73 Å². The molecule has 96 valence electrons. The molecule has 0 aliphatic carbocycles. The number of nitrogens with zero attached hydrogens (tertiary/aromatic N) is 3. The lowest BCUT2D eigenvalue weighted by Crippen LogP contribution is -2.18. The van der Waals surface area contributed by atoms with Crippen LogP contribution >= 0.6 is 0 Å². The van der Waals surface area contributed by atoms with E-state index in [1.807, 2.05) is 36.0 Å². The molecule has 2 N–H and O–H groups in total. The fourth-order valence-electron chi connectivity index (χ4n) is 2.19. The lowest BCUT2D eigenvalue weighted by atomic mass is 10.1. The summed E-state index contributed by atoms with van der Waals surface area (Å²) < 4.78 is 1.99. The van der Waals surface area contributed by atoms with E-state index in [4.69, 9.17) is 5.73 Å². The molecule has 1 unspecified atom stereocenters. The number of aromatic nitrogens is 3. The third kappa shape index (κ3) is 2.48. The van der Waals surface area contributed by atoms with Crippen molar-refractivity contribution < 1.29 is 0 Å². The number of fused-ring (bicyclic) bond motifs is 1. The molecule has 19 heavy (non-hydrogen) atoms. The fraction of sp³-hybridized carbons (Fsp3) is 0.200. The van der Waals surface area contributed by atoms with E-state index in [0.717, 1.165) is 28.9 Å². The Labute approximate surface area is 111 Å². The molecule has 0 spiro atoms. The van der Waals surface area contributed by atoms with Crippen LogP contribution in [-0.2, 0) is 6.42 Å². The molecule has 0 bridgehead atoms. The molecular formula is C15H16N4. The molecule has 3 aromatic rings. The lowest BCUT2D eigenvalue weighted by Gasteiger charge is -2.07. The van der Waals surface area contributed by atoms with Crippen LogP contribution in [-0.4, -0.2) is 20.4 Å². The minimum absolute atomic E-state index is 0.123. The van der Waals surface area contributed by atoms with Gasteiger partial charge >= 0.3 is 0 Å². The second-order valence-corrected chi connectivity index (χ2v) is 4.83. The normalized spacial score (nSPS) is 12.7. The smallest absolute Gasteiger partial charge is 0.137 e. The maximum atomic E-state index is 5.82. The van der Waals surface area contributed by atoms with Crippen LogP contribution in [0.5, 0.6) is 0 Å². The van der Waals surface area contributed by atoms with E-state index in [2.05, 4.69) is 28.2 Å². The number of rotatable bonds is 3. The molecule has 3 rings (SSSR count). The molecule has 4 nitrogen and oxygen atoms in total. The topological polar surface area (TPSA) is 56.2 Å². The maximum absolute atomic E-state index is 5.82. The summed E-state index contributed by atoms with van der Waals surface area (Å²) >= 11 is 0. The molecular weight excluding hydrogens is 236 g/mol. The average Bonchev–Trinajstić information content (AvgIpc) is 2.85. The Morgan fingerprint density at radius 1 is 1.11 bits per heavy atom. The highest BCUT2D eigenvalue weighted by molar-refractivity contribution is 5.67. The second kappa shape index (κ2) is 4.82. The molecule has 3 aromatic heterocycles. The van der Waals surface area contributed by atoms with Gasteiger partial charge in [0.1, 0.15) is 5.65 Å². The van der Waals surface area contributed by atoms with Gasteiger partial charge in [0.05, 0.1) is 0 Å². The standard InChI is InChI=1S/C15H16N4/c1-11(16)8-14-9-12(2-4-17-14)13-3-6-19-7-5-18-15(19)10-13/h2-7,9-11H,8,16H2,1H3. The van der Waals surface area contributed by atoms with Gasteiger partial charge in [-0.25, -0.2) is 4.98 Å². The van der Waals surface area contributed by atoms with Gasteiger partial charge in [-0.05, 0) is 42.3 Å². The number of imidazole rings is 1. The third-order valence-electron chi connectivity index (χ3n) is 3.08. The van der Waals surface area contributed by atoms with E-state index in [9.17, 15) is 0 Å². The number of hydrogen-bond donors (Lipinski definition) is 1. The van der Waals surface area contributed by atoms with E-state index < -0.39 is 0 Å². The molecule has 3 heterocycles. The highest BCUT2D eigenvalue weighted by atomic mass is 15.0. The molecule has 0 aromatic carbocycles. The summed E-state index contributed by atoms with van der Waals surface area (Å²) in [4.78, 5) is 8.66. The van der Waals surface area contributed by atoms with Gasteiger partial charge in [-0.3, -0.25) is 4.98 Å². The molecule has 0 fully saturated rings. The van der Waals surface area contributed by atoms with Crippen molar-refractivity contribution in [2.75, 3.05) is 0 Å². The Bertz CT molecular complexity index is 700. The third-order valence-corrected chi connectivity index (χ3v) is 3.08. The van der Waals surface area contributed by atoms with Crippen LogP contribution in [0.3, 0.4) is 0 Å². The highest BCUT2D eigenvalue weighted by Crippen LogP contribution is 2.21. The average molecular weight is 252 g/mol. The molecule has 0 aliphatic rings. The van der Waals surface area contributed by atoms with Gasteiger partial charge in [0.2, 0.25) is 0 Å². The Hall–Kier alpha value is -2.20. The van der Waals surface area contributed by atoms with Gasteiger partial charge < -0.3 is 10.1 Å². The quantitative estimate of drug-likeness (QED) is 0.778. The second-order valence-electron chi connectivity index (χ2n) is 4.83. The zero-order valence-electron chi connectivity index (χ0n) is 10.8. The summed E-state index contributed by atoms with van der Waals surface area (Å²) in [5.74, 6) is 0. The fourth-order valence-corrected chi connectivity index (χ4v) is 2.19. The summed E-state index contributed by atoms with van der Waals surface area (Å²) in [6, 6.07) is 8.39. The van der Waals surface area contributed by atoms with Crippen LogP contribution in [0, 0.1) is 0 Å². The van der Waals surface area contributed by atoms with Crippen molar-refractivity contribution in [3.8, 4) is 11.1 Å². The minimum Gasteiger partial charge on any atom is -0.328 e. The highest BCUT2D eigenvalue weighted by Gasteiger charge is 2.04. The van der Waals surface area contributed by atoms with Crippen molar-refractivity contribution in [2.24, 2.45) is 5.73 Å². The SMILES string of the molecule is CC(N)Cc1cc(-c2ccn3ccnc3c2)ccn1. The first-order valence-corrected chi connectivity index (χ1v) is 6.36.